The zero-order chi connectivity index (χ0) is 20.3. The van der Waals surface area contributed by atoms with Gasteiger partial charge in [-0.05, 0) is 56.2 Å². The van der Waals surface area contributed by atoms with E-state index in [1.807, 2.05) is 45.0 Å². The molecule has 2 amide bonds. The van der Waals surface area contributed by atoms with E-state index < -0.39 is 0 Å². The maximum Gasteiger partial charge on any atom is 0.243 e. The van der Waals surface area contributed by atoms with Crippen LogP contribution in [0, 0.1) is 20.8 Å². The number of fused-ring (bicyclic) bond motifs is 1. The molecule has 0 aliphatic rings. The Morgan fingerprint density at radius 2 is 1.71 bits per heavy atom. The molecule has 0 radical (unpaired) electrons. The van der Waals surface area contributed by atoms with E-state index in [1.54, 1.807) is 13.2 Å². The fourth-order valence-corrected chi connectivity index (χ4v) is 3.24. The molecule has 0 aliphatic carbocycles. The molecular weight excluding hydrogens is 354 g/mol. The van der Waals surface area contributed by atoms with Crippen LogP contribution in [0.25, 0.3) is 10.9 Å². The molecular formula is C22H25N3O3. The molecule has 0 bridgehead atoms. The first-order valence-corrected chi connectivity index (χ1v) is 9.16. The van der Waals surface area contributed by atoms with Crippen LogP contribution in [0.4, 0.5) is 5.69 Å². The average molecular weight is 379 g/mol. The molecule has 0 saturated heterocycles. The molecule has 0 spiro atoms. The number of rotatable bonds is 6. The molecule has 28 heavy (non-hydrogen) atoms. The van der Waals surface area contributed by atoms with Crippen molar-refractivity contribution in [2.24, 2.45) is 0 Å². The summed E-state index contributed by atoms with van der Waals surface area (Å²) < 4.78 is 5.26. The molecule has 6 nitrogen and oxygen atoms in total. The summed E-state index contributed by atoms with van der Waals surface area (Å²) in [5.74, 6) is 0.0793. The van der Waals surface area contributed by atoms with Gasteiger partial charge in [-0.25, -0.2) is 0 Å². The number of amides is 2. The van der Waals surface area contributed by atoms with Crippen molar-refractivity contribution in [2.45, 2.75) is 27.2 Å². The Balaban J connectivity index is 1.62. The van der Waals surface area contributed by atoms with Crippen molar-refractivity contribution in [3.63, 3.8) is 0 Å². The molecule has 3 N–H and O–H groups in total. The van der Waals surface area contributed by atoms with Gasteiger partial charge in [-0.3, -0.25) is 9.59 Å². The van der Waals surface area contributed by atoms with Crippen molar-refractivity contribution in [1.29, 1.82) is 0 Å². The Bertz CT molecular complexity index is 1040. The predicted octanol–water partition coefficient (Wildman–Crippen LogP) is 3.40. The Labute approximate surface area is 164 Å². The lowest BCUT2D eigenvalue weighted by Gasteiger charge is -2.11. The third-order valence-electron chi connectivity index (χ3n) is 4.69. The number of hydrogen-bond acceptors (Lipinski definition) is 3. The fraction of sp³-hybridized carbons (Fsp3) is 0.273. The van der Waals surface area contributed by atoms with E-state index in [1.165, 1.54) is 0 Å². The standard InChI is InChI=1S/C22H25N3O3/c1-13-5-7-18-17(9-13)16(15(3)24-18)11-21(26)23-12-22(27)25-19-10-14(2)6-8-20(19)28-4/h5-10,24H,11-12H2,1-4H3,(H,23,26)(H,25,27). The van der Waals surface area contributed by atoms with Crippen LogP contribution in [0.1, 0.15) is 22.4 Å². The smallest absolute Gasteiger partial charge is 0.243 e. The largest absolute Gasteiger partial charge is 0.495 e. The lowest BCUT2D eigenvalue weighted by atomic mass is 10.1. The lowest BCUT2D eigenvalue weighted by Crippen LogP contribution is -2.34. The van der Waals surface area contributed by atoms with Gasteiger partial charge in [-0.15, -0.1) is 0 Å². The van der Waals surface area contributed by atoms with Crippen LogP contribution in [0.15, 0.2) is 36.4 Å². The molecule has 146 valence electrons. The SMILES string of the molecule is COc1ccc(C)cc1NC(=O)CNC(=O)Cc1c(C)[nH]c2ccc(C)cc12. The van der Waals surface area contributed by atoms with Crippen LogP contribution in [0.2, 0.25) is 0 Å². The molecule has 0 fully saturated rings. The first kappa shape index (κ1) is 19.5. The highest BCUT2D eigenvalue weighted by molar-refractivity contribution is 5.97. The first-order chi connectivity index (χ1) is 13.4. The van der Waals surface area contributed by atoms with Crippen LogP contribution in [-0.2, 0) is 16.0 Å². The molecule has 6 heteroatoms. The number of carbonyl (C=O) groups excluding carboxylic acids is 2. The van der Waals surface area contributed by atoms with Crippen molar-refractivity contribution >= 4 is 28.4 Å². The van der Waals surface area contributed by atoms with Crippen molar-refractivity contribution in [2.75, 3.05) is 19.0 Å². The Hall–Kier alpha value is -3.28. The highest BCUT2D eigenvalue weighted by Gasteiger charge is 2.14. The molecule has 0 aliphatic heterocycles. The minimum absolute atomic E-state index is 0.101. The lowest BCUT2D eigenvalue weighted by molar-refractivity contribution is -0.123. The van der Waals surface area contributed by atoms with E-state index in [4.69, 9.17) is 4.74 Å². The maximum absolute atomic E-state index is 12.4. The van der Waals surface area contributed by atoms with Gasteiger partial charge in [0.2, 0.25) is 11.8 Å². The second kappa shape index (κ2) is 8.17. The van der Waals surface area contributed by atoms with Crippen LogP contribution in [-0.4, -0.2) is 30.5 Å². The first-order valence-electron chi connectivity index (χ1n) is 9.16. The van der Waals surface area contributed by atoms with E-state index in [0.29, 0.717) is 11.4 Å². The summed E-state index contributed by atoms with van der Waals surface area (Å²) in [6.07, 6.45) is 0.219. The number of H-pyrrole nitrogens is 1. The zero-order valence-electron chi connectivity index (χ0n) is 16.6. The maximum atomic E-state index is 12.4. The number of ether oxygens (including phenoxy) is 1. The van der Waals surface area contributed by atoms with Gasteiger partial charge in [-0.1, -0.05) is 17.7 Å². The zero-order valence-corrected chi connectivity index (χ0v) is 16.6. The van der Waals surface area contributed by atoms with E-state index in [0.717, 1.165) is 33.3 Å². The Morgan fingerprint density at radius 1 is 1.00 bits per heavy atom. The number of aromatic nitrogens is 1. The minimum atomic E-state index is -0.302. The molecule has 0 saturated carbocycles. The molecule has 0 atom stereocenters. The normalized spacial score (nSPS) is 10.7. The van der Waals surface area contributed by atoms with Crippen molar-refractivity contribution in [3.05, 3.63) is 58.8 Å². The number of hydrogen-bond donors (Lipinski definition) is 3. The van der Waals surface area contributed by atoms with Gasteiger partial charge in [0, 0.05) is 16.6 Å². The summed E-state index contributed by atoms with van der Waals surface area (Å²) in [6, 6.07) is 11.6. The molecule has 2 aromatic carbocycles. The van der Waals surface area contributed by atoms with Gasteiger partial charge < -0.3 is 20.4 Å². The molecule has 0 unspecified atom stereocenters. The average Bonchev–Trinajstić information content (AvgIpc) is 2.95. The number of benzene rings is 2. The Morgan fingerprint density at radius 3 is 2.46 bits per heavy atom. The van der Waals surface area contributed by atoms with Gasteiger partial charge >= 0.3 is 0 Å². The van der Waals surface area contributed by atoms with Crippen molar-refractivity contribution in [1.82, 2.24) is 10.3 Å². The number of nitrogens with one attached hydrogen (secondary N) is 3. The Kier molecular flexibility index (Phi) is 5.68. The summed E-state index contributed by atoms with van der Waals surface area (Å²) in [7, 11) is 1.55. The number of methoxy groups -OCH3 is 1. The summed E-state index contributed by atoms with van der Waals surface area (Å²) in [4.78, 5) is 27.9. The van der Waals surface area contributed by atoms with Gasteiger partial charge in [0.15, 0.2) is 0 Å². The van der Waals surface area contributed by atoms with Crippen LogP contribution >= 0.6 is 0 Å². The molecule has 3 aromatic rings. The minimum Gasteiger partial charge on any atom is -0.495 e. The van der Waals surface area contributed by atoms with Crippen molar-refractivity contribution < 1.29 is 14.3 Å². The summed E-state index contributed by atoms with van der Waals surface area (Å²) in [5.41, 5.74) is 5.66. The number of carbonyl (C=O) groups is 2. The van der Waals surface area contributed by atoms with Crippen LogP contribution in [0.3, 0.4) is 0 Å². The number of aromatic amines is 1. The predicted molar refractivity (Wildman–Crippen MR) is 111 cm³/mol. The number of aryl methyl sites for hydroxylation is 3. The second-order valence-electron chi connectivity index (χ2n) is 6.98. The van der Waals surface area contributed by atoms with E-state index >= 15 is 0 Å². The van der Waals surface area contributed by atoms with E-state index in [-0.39, 0.29) is 24.8 Å². The number of anilines is 1. The van der Waals surface area contributed by atoms with Gasteiger partial charge in [0.25, 0.3) is 0 Å². The quantitative estimate of drug-likeness (QED) is 0.614. The molecule has 1 aromatic heterocycles. The third kappa shape index (κ3) is 4.34. The van der Waals surface area contributed by atoms with Gasteiger partial charge in [-0.2, -0.15) is 0 Å². The summed E-state index contributed by atoms with van der Waals surface area (Å²) >= 11 is 0. The highest BCUT2D eigenvalue weighted by atomic mass is 16.5. The van der Waals surface area contributed by atoms with Crippen LogP contribution in [0.5, 0.6) is 5.75 Å². The van der Waals surface area contributed by atoms with Crippen molar-refractivity contribution in [3.8, 4) is 5.75 Å². The van der Waals surface area contributed by atoms with E-state index in [2.05, 4.69) is 21.7 Å². The second-order valence-corrected chi connectivity index (χ2v) is 6.98. The van der Waals surface area contributed by atoms with E-state index in [9.17, 15) is 9.59 Å². The monoisotopic (exact) mass is 379 g/mol. The van der Waals surface area contributed by atoms with Crippen LogP contribution < -0.4 is 15.4 Å². The summed E-state index contributed by atoms with van der Waals surface area (Å²) in [6.45, 7) is 5.81. The highest BCUT2D eigenvalue weighted by Crippen LogP contribution is 2.25. The molecule has 1 heterocycles. The fourth-order valence-electron chi connectivity index (χ4n) is 3.24. The third-order valence-corrected chi connectivity index (χ3v) is 4.69. The summed E-state index contributed by atoms with van der Waals surface area (Å²) in [5, 5.41) is 6.52. The molecule has 3 rings (SSSR count). The topological polar surface area (TPSA) is 83.2 Å². The van der Waals surface area contributed by atoms with Gasteiger partial charge in [0.05, 0.1) is 25.8 Å². The van der Waals surface area contributed by atoms with Gasteiger partial charge in [0.1, 0.15) is 5.75 Å².